The first-order valence-electron chi connectivity index (χ1n) is 11.3. The van der Waals surface area contributed by atoms with E-state index in [0.29, 0.717) is 34.8 Å². The highest BCUT2D eigenvalue weighted by atomic mass is 79.9. The Morgan fingerprint density at radius 1 is 0.889 bits per heavy atom. The van der Waals surface area contributed by atoms with Crippen molar-refractivity contribution in [1.29, 1.82) is 0 Å². The number of halogens is 1. The molecule has 8 heteroatoms. The quantitative estimate of drug-likeness (QED) is 0.237. The summed E-state index contributed by atoms with van der Waals surface area (Å²) in [5.41, 5.74) is 2.12. The van der Waals surface area contributed by atoms with E-state index in [9.17, 15) is 14.7 Å². The molecule has 7 nitrogen and oxygen atoms in total. The van der Waals surface area contributed by atoms with Gasteiger partial charge in [-0.25, -0.2) is 0 Å². The third-order valence-electron chi connectivity index (χ3n) is 6.18. The van der Waals surface area contributed by atoms with Crippen molar-refractivity contribution in [3.8, 4) is 17.2 Å². The minimum Gasteiger partial charge on any atom is -0.507 e. The number of Topliss-reactive ketones (excluding diaryl/α,β-unsaturated/α-hetero) is 1. The van der Waals surface area contributed by atoms with Crippen LogP contribution in [0.1, 0.15) is 22.7 Å². The van der Waals surface area contributed by atoms with E-state index >= 15 is 0 Å². The largest absolute Gasteiger partial charge is 0.507 e. The molecule has 0 aliphatic carbocycles. The Labute approximate surface area is 218 Å². The summed E-state index contributed by atoms with van der Waals surface area (Å²) in [6.07, 6.45) is 0.471. The third-order valence-corrected chi connectivity index (χ3v) is 6.71. The monoisotopic (exact) mass is 551 g/mol. The number of aliphatic hydroxyl groups is 1. The van der Waals surface area contributed by atoms with Crippen LogP contribution >= 0.6 is 15.9 Å². The second kappa shape index (κ2) is 10.9. The standard InChI is InChI=1S/C28H26BrNO6/c1-34-21-11-7-18(8-12-21)25-24(26(31)19-5-9-20(29)10-6-19)27(32)28(33)30(25)15-14-17-4-13-22(35-2)23(16-17)36-3/h4-13,16,25,31H,14-15H2,1-3H3/b26-24-. The predicted molar refractivity (Wildman–Crippen MR) is 139 cm³/mol. The molecule has 1 aliphatic rings. The number of ketones is 1. The van der Waals surface area contributed by atoms with Crippen molar-refractivity contribution >= 4 is 33.4 Å². The topological polar surface area (TPSA) is 85.3 Å². The maximum absolute atomic E-state index is 13.2. The van der Waals surface area contributed by atoms with E-state index in [2.05, 4.69) is 15.9 Å². The molecule has 1 amide bonds. The van der Waals surface area contributed by atoms with Gasteiger partial charge in [-0.2, -0.15) is 0 Å². The number of carbonyl (C=O) groups excluding carboxylic acids is 2. The van der Waals surface area contributed by atoms with Crippen LogP contribution in [0.15, 0.2) is 76.8 Å². The molecule has 1 heterocycles. The van der Waals surface area contributed by atoms with Crippen molar-refractivity contribution in [2.45, 2.75) is 12.5 Å². The predicted octanol–water partition coefficient (Wildman–Crippen LogP) is 5.14. The highest BCUT2D eigenvalue weighted by Gasteiger charge is 2.45. The Morgan fingerprint density at radius 3 is 2.17 bits per heavy atom. The Bertz CT molecular complexity index is 1300. The van der Waals surface area contributed by atoms with Gasteiger partial charge >= 0.3 is 0 Å². The lowest BCUT2D eigenvalue weighted by atomic mass is 9.95. The number of ether oxygens (including phenoxy) is 3. The summed E-state index contributed by atoms with van der Waals surface area (Å²) in [5.74, 6) is 0.246. The summed E-state index contributed by atoms with van der Waals surface area (Å²) in [6, 6.07) is 18.9. The van der Waals surface area contributed by atoms with Gasteiger partial charge in [0.15, 0.2) is 11.5 Å². The van der Waals surface area contributed by atoms with Gasteiger partial charge in [0.2, 0.25) is 0 Å². The van der Waals surface area contributed by atoms with E-state index in [1.54, 1.807) is 75.9 Å². The average Bonchev–Trinajstić information content (AvgIpc) is 3.16. The first-order chi connectivity index (χ1) is 17.4. The van der Waals surface area contributed by atoms with Crippen LogP contribution in [0.25, 0.3) is 5.76 Å². The van der Waals surface area contributed by atoms with Crippen molar-refractivity contribution in [2.24, 2.45) is 0 Å². The second-order valence-electron chi connectivity index (χ2n) is 8.21. The molecule has 1 saturated heterocycles. The van der Waals surface area contributed by atoms with Crippen LogP contribution in [-0.2, 0) is 16.0 Å². The van der Waals surface area contributed by atoms with Crippen LogP contribution < -0.4 is 14.2 Å². The van der Waals surface area contributed by atoms with E-state index in [4.69, 9.17) is 14.2 Å². The van der Waals surface area contributed by atoms with E-state index in [1.165, 1.54) is 4.90 Å². The molecule has 0 bridgehead atoms. The lowest BCUT2D eigenvalue weighted by Gasteiger charge is -2.25. The first-order valence-corrected chi connectivity index (χ1v) is 12.1. The smallest absolute Gasteiger partial charge is 0.295 e. The van der Waals surface area contributed by atoms with Crippen LogP contribution in [0, 0.1) is 0 Å². The SMILES string of the molecule is COc1ccc(C2/C(=C(/O)c3ccc(Br)cc3)C(=O)C(=O)N2CCc2ccc(OC)c(OC)c2)cc1. The zero-order chi connectivity index (χ0) is 25.8. The molecular weight excluding hydrogens is 526 g/mol. The number of rotatable bonds is 8. The van der Waals surface area contributed by atoms with E-state index in [1.807, 2.05) is 12.1 Å². The minimum atomic E-state index is -0.750. The van der Waals surface area contributed by atoms with Crippen LogP contribution in [-0.4, -0.2) is 49.6 Å². The number of hydrogen-bond acceptors (Lipinski definition) is 6. The fraction of sp³-hybridized carbons (Fsp3) is 0.214. The molecule has 3 aromatic rings. The van der Waals surface area contributed by atoms with Gasteiger partial charge in [0, 0.05) is 16.6 Å². The molecule has 0 radical (unpaired) electrons. The molecule has 1 aliphatic heterocycles. The molecule has 1 fully saturated rings. The van der Waals surface area contributed by atoms with Gasteiger partial charge in [0.1, 0.15) is 11.5 Å². The number of methoxy groups -OCH3 is 3. The number of benzene rings is 3. The molecule has 186 valence electrons. The van der Waals surface area contributed by atoms with Gasteiger partial charge < -0.3 is 24.2 Å². The molecule has 0 saturated carbocycles. The second-order valence-corrected chi connectivity index (χ2v) is 9.13. The van der Waals surface area contributed by atoms with Crippen molar-refractivity contribution in [3.63, 3.8) is 0 Å². The maximum Gasteiger partial charge on any atom is 0.295 e. The summed E-state index contributed by atoms with van der Waals surface area (Å²) in [7, 11) is 4.70. The molecular formula is C28H26BrNO6. The van der Waals surface area contributed by atoms with Crippen molar-refractivity contribution in [2.75, 3.05) is 27.9 Å². The zero-order valence-electron chi connectivity index (χ0n) is 20.2. The number of carbonyl (C=O) groups is 2. The lowest BCUT2D eigenvalue weighted by Crippen LogP contribution is -2.31. The van der Waals surface area contributed by atoms with Gasteiger partial charge in [0.25, 0.3) is 11.7 Å². The first kappa shape index (κ1) is 25.3. The molecule has 36 heavy (non-hydrogen) atoms. The normalized spacial score (nSPS) is 16.8. The van der Waals surface area contributed by atoms with Gasteiger partial charge in [-0.05, 0) is 53.9 Å². The molecule has 0 spiro atoms. The molecule has 0 aromatic heterocycles. The summed E-state index contributed by atoms with van der Waals surface area (Å²) in [5, 5.41) is 11.2. The summed E-state index contributed by atoms with van der Waals surface area (Å²) < 4.78 is 16.8. The van der Waals surface area contributed by atoms with Crippen molar-refractivity contribution in [1.82, 2.24) is 4.90 Å². The number of nitrogens with zero attached hydrogens (tertiary/aromatic N) is 1. The number of aliphatic hydroxyl groups excluding tert-OH is 1. The van der Waals surface area contributed by atoms with Crippen LogP contribution in [0.2, 0.25) is 0 Å². The lowest BCUT2D eigenvalue weighted by molar-refractivity contribution is -0.139. The van der Waals surface area contributed by atoms with E-state index in [-0.39, 0.29) is 17.9 Å². The van der Waals surface area contributed by atoms with E-state index < -0.39 is 17.7 Å². The maximum atomic E-state index is 13.2. The van der Waals surface area contributed by atoms with E-state index in [0.717, 1.165) is 10.0 Å². The van der Waals surface area contributed by atoms with Gasteiger partial charge in [-0.3, -0.25) is 9.59 Å². The Hall–Kier alpha value is -3.78. The number of amides is 1. The van der Waals surface area contributed by atoms with Crippen molar-refractivity contribution < 1.29 is 28.9 Å². The molecule has 1 N–H and O–H groups in total. The van der Waals surface area contributed by atoms with Crippen LogP contribution in [0.4, 0.5) is 0 Å². The molecule has 1 unspecified atom stereocenters. The Kier molecular flexibility index (Phi) is 7.64. The minimum absolute atomic E-state index is 0.0554. The van der Waals surface area contributed by atoms with Gasteiger partial charge in [-0.1, -0.05) is 46.3 Å². The summed E-state index contributed by atoms with van der Waals surface area (Å²) >= 11 is 3.38. The van der Waals surface area contributed by atoms with Crippen LogP contribution in [0.5, 0.6) is 17.2 Å². The fourth-order valence-corrected chi connectivity index (χ4v) is 4.56. The molecule has 4 rings (SSSR count). The summed E-state index contributed by atoms with van der Waals surface area (Å²) in [4.78, 5) is 27.9. The fourth-order valence-electron chi connectivity index (χ4n) is 4.29. The third kappa shape index (κ3) is 4.95. The number of hydrogen-bond donors (Lipinski definition) is 1. The molecule has 3 aromatic carbocycles. The Balaban J connectivity index is 1.74. The van der Waals surface area contributed by atoms with Crippen molar-refractivity contribution in [3.05, 3.63) is 93.5 Å². The Morgan fingerprint density at radius 2 is 1.56 bits per heavy atom. The zero-order valence-corrected chi connectivity index (χ0v) is 21.7. The highest BCUT2D eigenvalue weighted by molar-refractivity contribution is 9.10. The van der Waals surface area contributed by atoms with Gasteiger partial charge in [-0.15, -0.1) is 0 Å². The molecule has 1 atom stereocenters. The average molecular weight is 552 g/mol. The summed E-state index contributed by atoms with van der Waals surface area (Å²) in [6.45, 7) is 0.258. The van der Waals surface area contributed by atoms with Crippen LogP contribution in [0.3, 0.4) is 0 Å². The van der Waals surface area contributed by atoms with Gasteiger partial charge in [0.05, 0.1) is 32.9 Å². The highest BCUT2D eigenvalue weighted by Crippen LogP contribution is 2.40. The number of likely N-dealkylation sites (tertiary alicyclic amines) is 1.